The molecule has 0 fully saturated rings. The van der Waals surface area contributed by atoms with Crippen molar-refractivity contribution in [3.63, 3.8) is 0 Å². The van der Waals surface area contributed by atoms with E-state index < -0.39 is 0 Å². The SMILES string of the molecule is B.[AlH3].[MgH2].[Ti]. The van der Waals surface area contributed by atoms with Crippen molar-refractivity contribution in [2.75, 3.05) is 0 Å². The maximum absolute atomic E-state index is 0. The van der Waals surface area contributed by atoms with Crippen molar-refractivity contribution in [1.29, 1.82) is 0 Å². The molecule has 20 valence electrons. The van der Waals surface area contributed by atoms with Crippen LogP contribution in [0.2, 0.25) is 0 Å². The molecule has 0 amide bonds. The number of hydrogen-bond donors (Lipinski definition) is 0. The molecular weight excluding hydrogens is 110 g/mol. The minimum atomic E-state index is 0. The standard InChI is InChI=1S/Al.BH3.Mg.Ti.5H/h;1H3;;;;;;;. The second kappa shape index (κ2) is 19.6. The van der Waals surface area contributed by atoms with E-state index in [4.69, 9.17) is 0 Å². The van der Waals surface area contributed by atoms with Gasteiger partial charge in [-0.3, -0.25) is 0 Å². The molecule has 0 N–H and O–H groups in total. The Balaban J connectivity index is 0. The maximum atomic E-state index is 0. The van der Waals surface area contributed by atoms with Crippen LogP contribution in [0, 0.1) is 0 Å². The Hall–Kier alpha value is 2.08. The summed E-state index contributed by atoms with van der Waals surface area (Å²) in [5.41, 5.74) is 0. The van der Waals surface area contributed by atoms with Gasteiger partial charge in [0.05, 0.1) is 8.41 Å². The van der Waals surface area contributed by atoms with Crippen LogP contribution in [0.4, 0.5) is 0 Å². The Morgan fingerprint density at radius 3 is 1.00 bits per heavy atom. The molecule has 0 spiro atoms. The molecule has 0 aromatic heterocycles. The topological polar surface area (TPSA) is 0 Å². The van der Waals surface area contributed by atoms with Crippen LogP contribution in [0.15, 0.2) is 0 Å². The van der Waals surface area contributed by atoms with Gasteiger partial charge in [0, 0.05) is 21.7 Å². The van der Waals surface area contributed by atoms with Gasteiger partial charge < -0.3 is 0 Å². The van der Waals surface area contributed by atoms with Gasteiger partial charge in [-0.05, 0) is 0 Å². The van der Waals surface area contributed by atoms with Gasteiger partial charge in [-0.15, -0.1) is 0 Å². The van der Waals surface area contributed by atoms with Gasteiger partial charge in [0.2, 0.25) is 0 Å². The van der Waals surface area contributed by atoms with Crippen molar-refractivity contribution in [3.8, 4) is 0 Å². The van der Waals surface area contributed by atoms with Crippen molar-refractivity contribution in [3.05, 3.63) is 0 Å². The summed E-state index contributed by atoms with van der Waals surface area (Å²) in [5, 5.41) is 0. The fourth-order valence-electron chi connectivity index (χ4n) is 0. The largest absolute Gasteiger partial charge is 0.316 e. The first kappa shape index (κ1) is 36.3. The average Bonchev–Trinajstić information content (AvgIpc) is 0. The van der Waals surface area contributed by atoms with Crippen molar-refractivity contribution >= 4 is 48.8 Å². The number of hydrogen-bond acceptors (Lipinski definition) is 0. The molecule has 0 aromatic rings. The minimum absolute atomic E-state index is 0. The fourth-order valence-corrected chi connectivity index (χ4v) is 0. The Morgan fingerprint density at radius 1 is 1.00 bits per heavy atom. The van der Waals surface area contributed by atoms with Gasteiger partial charge in [-0.25, -0.2) is 0 Å². The van der Waals surface area contributed by atoms with E-state index in [-0.39, 0.29) is 70.5 Å². The van der Waals surface area contributed by atoms with Crippen molar-refractivity contribution in [2.45, 2.75) is 0 Å². The first-order chi connectivity index (χ1) is 0. The molecule has 0 saturated carbocycles. The van der Waals surface area contributed by atoms with Gasteiger partial charge >= 0.3 is 23.1 Å². The van der Waals surface area contributed by atoms with Crippen LogP contribution >= 0.6 is 0 Å². The molecule has 0 aromatic carbocycles. The molecule has 0 aliphatic heterocycles. The second-order valence-electron chi connectivity index (χ2n) is 0. The summed E-state index contributed by atoms with van der Waals surface area (Å²) in [6.07, 6.45) is 0. The molecule has 0 bridgehead atoms. The van der Waals surface area contributed by atoms with Crippen LogP contribution < -0.4 is 0 Å². The van der Waals surface area contributed by atoms with E-state index in [0.717, 1.165) is 0 Å². The normalized spacial score (nSPS) is 0. The van der Waals surface area contributed by atoms with E-state index >= 15 is 0 Å². The monoisotopic (exact) mass is 118 g/mol. The molecule has 0 radical (unpaired) electrons. The summed E-state index contributed by atoms with van der Waals surface area (Å²) in [7, 11) is 0. The predicted molar refractivity (Wildman–Crippen MR) is 28.4 cm³/mol. The second-order valence-corrected chi connectivity index (χ2v) is 0. The zero-order valence-electron chi connectivity index (χ0n) is 0.500. The molecule has 0 aliphatic carbocycles. The van der Waals surface area contributed by atoms with E-state index in [0.29, 0.717) is 0 Å². The molecule has 0 saturated heterocycles. The molecule has 0 aliphatic rings. The summed E-state index contributed by atoms with van der Waals surface area (Å²) in [6.45, 7) is 0. The van der Waals surface area contributed by atoms with Gasteiger partial charge in [-0.1, -0.05) is 0 Å². The molecule has 0 nitrogen and oxygen atoms in total. The van der Waals surface area contributed by atoms with E-state index in [1.807, 2.05) is 0 Å². The fraction of sp³-hybridized carbons (Fsp3) is 0. The Kier molecular flexibility index (Phi) is 177. The van der Waals surface area contributed by atoms with Crippen molar-refractivity contribution in [1.82, 2.24) is 0 Å². The summed E-state index contributed by atoms with van der Waals surface area (Å²) in [6, 6.07) is 0. The Morgan fingerprint density at radius 2 is 1.00 bits per heavy atom. The zero-order valence-corrected chi connectivity index (χ0v) is 2.06. The quantitative estimate of drug-likeness (QED) is 0.292. The Bertz CT molecular complexity index is 8.00. The summed E-state index contributed by atoms with van der Waals surface area (Å²) >= 11 is 0. The van der Waals surface area contributed by atoms with Crippen LogP contribution in [-0.2, 0) is 21.7 Å². The third kappa shape index (κ3) is 8.95. The van der Waals surface area contributed by atoms with Gasteiger partial charge in [0.25, 0.3) is 0 Å². The zero-order chi connectivity index (χ0) is 0. The summed E-state index contributed by atoms with van der Waals surface area (Å²) in [4.78, 5) is 0. The average molecular weight is 118 g/mol. The molecule has 0 unspecified atom stereocenters. The maximum Gasteiger partial charge on any atom is 0.316 e. The van der Waals surface area contributed by atoms with Crippen LogP contribution in [0.3, 0.4) is 0 Å². The van der Waals surface area contributed by atoms with E-state index in [1.54, 1.807) is 0 Å². The van der Waals surface area contributed by atoms with Crippen LogP contribution in [0.1, 0.15) is 0 Å². The first-order valence-corrected chi connectivity index (χ1v) is 0. The van der Waals surface area contributed by atoms with Gasteiger partial charge in [0.1, 0.15) is 0 Å². The van der Waals surface area contributed by atoms with Crippen LogP contribution in [-0.4, -0.2) is 48.8 Å². The molecule has 0 atom stereocenters. The summed E-state index contributed by atoms with van der Waals surface area (Å²) in [5.74, 6) is 0. The molecule has 4 heavy (non-hydrogen) atoms. The van der Waals surface area contributed by atoms with Gasteiger partial charge in [0.15, 0.2) is 17.4 Å². The minimum Gasteiger partial charge on any atom is 0 e. The third-order valence-corrected chi connectivity index (χ3v) is 0. The van der Waals surface area contributed by atoms with E-state index in [2.05, 4.69) is 0 Å². The first-order valence-electron chi connectivity index (χ1n) is 0. The Labute approximate surface area is 69.8 Å². The molecular formula is H8AlBMgTi. The molecule has 0 heterocycles. The predicted octanol–water partition coefficient (Wildman–Crippen LogP) is -3.29. The van der Waals surface area contributed by atoms with Crippen molar-refractivity contribution < 1.29 is 21.7 Å². The van der Waals surface area contributed by atoms with Crippen LogP contribution in [0.5, 0.6) is 0 Å². The van der Waals surface area contributed by atoms with Gasteiger partial charge in [-0.2, -0.15) is 0 Å². The third-order valence-electron chi connectivity index (χ3n) is 0. The van der Waals surface area contributed by atoms with E-state index in [1.165, 1.54) is 0 Å². The smallest absolute Gasteiger partial charge is 0 e. The summed E-state index contributed by atoms with van der Waals surface area (Å²) < 4.78 is 0. The molecule has 0 rings (SSSR count). The van der Waals surface area contributed by atoms with E-state index in [9.17, 15) is 0 Å². The number of rotatable bonds is 0. The van der Waals surface area contributed by atoms with Crippen molar-refractivity contribution in [2.24, 2.45) is 0 Å². The molecule has 4 heteroatoms. The van der Waals surface area contributed by atoms with Crippen LogP contribution in [0.25, 0.3) is 0 Å².